The van der Waals surface area contributed by atoms with Crippen molar-refractivity contribution < 1.29 is 0 Å². The SMILES string of the molecule is CCn1c(N2CCCC(N)C2)nc2c1c(=O)n(CC1CN3C=Cc4ccccc4C3=N1)c(=O)n2C. The summed E-state index contributed by atoms with van der Waals surface area (Å²) in [6, 6.07) is 7.99. The van der Waals surface area contributed by atoms with Gasteiger partial charge in [0.2, 0.25) is 5.95 Å². The molecule has 6 rings (SSSR count). The van der Waals surface area contributed by atoms with Crippen LogP contribution >= 0.6 is 0 Å². The lowest BCUT2D eigenvalue weighted by molar-refractivity contribution is 0.467. The van der Waals surface area contributed by atoms with Gasteiger partial charge in [0, 0.05) is 51.0 Å². The largest absolute Gasteiger partial charge is 0.341 e. The highest BCUT2D eigenvalue weighted by molar-refractivity contribution is 6.05. The molecule has 0 radical (unpaired) electrons. The fourth-order valence-electron chi connectivity index (χ4n) is 5.54. The number of rotatable bonds is 4. The number of hydrogen-bond donors (Lipinski definition) is 1. The average molecular weight is 475 g/mol. The van der Waals surface area contributed by atoms with Crippen molar-refractivity contribution in [3.8, 4) is 0 Å². The Balaban J connectivity index is 1.41. The molecule has 10 nitrogen and oxygen atoms in total. The van der Waals surface area contributed by atoms with Crippen LogP contribution < -0.4 is 21.9 Å². The Bertz CT molecular complexity index is 1490. The number of aryl methyl sites for hydroxylation is 2. The molecular formula is C25H30N8O2. The number of benzene rings is 1. The summed E-state index contributed by atoms with van der Waals surface area (Å²) in [5.74, 6) is 1.60. The number of fused-ring (bicyclic) bond motifs is 4. The van der Waals surface area contributed by atoms with Crippen LogP contribution in [0.4, 0.5) is 5.95 Å². The van der Waals surface area contributed by atoms with Crippen LogP contribution in [0.1, 0.15) is 30.9 Å². The highest BCUT2D eigenvalue weighted by Gasteiger charge is 2.30. The summed E-state index contributed by atoms with van der Waals surface area (Å²) >= 11 is 0. The molecule has 0 saturated carbocycles. The molecule has 1 aromatic carbocycles. The van der Waals surface area contributed by atoms with E-state index in [1.807, 2.05) is 29.8 Å². The maximum atomic E-state index is 13.7. The van der Waals surface area contributed by atoms with Crippen LogP contribution in [0.5, 0.6) is 0 Å². The number of aliphatic imine (C=N–C) groups is 1. The van der Waals surface area contributed by atoms with Crippen LogP contribution in [-0.2, 0) is 20.1 Å². The fourth-order valence-corrected chi connectivity index (χ4v) is 5.54. The third kappa shape index (κ3) is 3.43. The Kier molecular flexibility index (Phi) is 5.14. The summed E-state index contributed by atoms with van der Waals surface area (Å²) in [5.41, 5.74) is 8.59. The zero-order valence-corrected chi connectivity index (χ0v) is 20.1. The van der Waals surface area contributed by atoms with Crippen LogP contribution in [0.2, 0.25) is 0 Å². The summed E-state index contributed by atoms with van der Waals surface area (Å²) in [4.78, 5) is 40.9. The third-order valence-electron chi connectivity index (χ3n) is 7.28. The molecular weight excluding hydrogens is 444 g/mol. The van der Waals surface area contributed by atoms with Crippen LogP contribution in [0, 0.1) is 0 Å². The van der Waals surface area contributed by atoms with Crippen molar-refractivity contribution in [1.29, 1.82) is 0 Å². The van der Waals surface area contributed by atoms with Gasteiger partial charge in [-0.15, -0.1) is 0 Å². The van der Waals surface area contributed by atoms with Crippen LogP contribution in [-0.4, -0.2) is 61.1 Å². The number of imidazole rings is 1. The maximum absolute atomic E-state index is 13.7. The summed E-state index contributed by atoms with van der Waals surface area (Å²) in [5, 5.41) is 0. The maximum Gasteiger partial charge on any atom is 0.332 e. The molecule has 1 saturated heterocycles. The summed E-state index contributed by atoms with van der Waals surface area (Å²) < 4.78 is 4.74. The number of nitrogens with two attached hydrogens (primary N) is 1. The molecule has 2 N–H and O–H groups in total. The van der Waals surface area contributed by atoms with Crippen molar-refractivity contribution in [2.45, 2.75) is 44.9 Å². The number of amidine groups is 1. The Morgan fingerprint density at radius 2 is 1.97 bits per heavy atom. The molecule has 2 unspecified atom stereocenters. The van der Waals surface area contributed by atoms with Crippen molar-refractivity contribution >= 4 is 29.0 Å². The predicted molar refractivity (Wildman–Crippen MR) is 137 cm³/mol. The minimum atomic E-state index is -0.369. The highest BCUT2D eigenvalue weighted by Crippen LogP contribution is 2.26. The van der Waals surface area contributed by atoms with Crippen LogP contribution in [0.25, 0.3) is 17.2 Å². The summed E-state index contributed by atoms with van der Waals surface area (Å²) in [7, 11) is 1.68. The molecule has 3 aliphatic rings. The van der Waals surface area contributed by atoms with Gasteiger partial charge in [-0.25, -0.2) is 4.79 Å². The van der Waals surface area contributed by atoms with Gasteiger partial charge in [-0.05, 0) is 31.4 Å². The first-order valence-corrected chi connectivity index (χ1v) is 12.3. The zero-order valence-electron chi connectivity index (χ0n) is 20.1. The van der Waals surface area contributed by atoms with Gasteiger partial charge in [0.25, 0.3) is 5.56 Å². The molecule has 0 amide bonds. The monoisotopic (exact) mass is 474 g/mol. The van der Waals surface area contributed by atoms with Crippen LogP contribution in [0.3, 0.4) is 0 Å². The Labute approximate surface area is 202 Å². The first-order chi connectivity index (χ1) is 17.0. The van der Waals surface area contributed by atoms with Crippen molar-refractivity contribution in [2.75, 3.05) is 24.5 Å². The molecule has 0 aliphatic carbocycles. The number of aromatic nitrogens is 4. The first kappa shape index (κ1) is 21.8. The third-order valence-corrected chi connectivity index (χ3v) is 7.28. The van der Waals surface area contributed by atoms with E-state index in [0.717, 1.165) is 36.3 Å². The van der Waals surface area contributed by atoms with Crippen molar-refractivity contribution in [2.24, 2.45) is 17.8 Å². The molecule has 35 heavy (non-hydrogen) atoms. The molecule has 2 aromatic heterocycles. The molecule has 1 fully saturated rings. The van der Waals surface area contributed by atoms with E-state index >= 15 is 0 Å². The predicted octanol–water partition coefficient (Wildman–Crippen LogP) is 0.959. The van der Waals surface area contributed by atoms with Gasteiger partial charge in [-0.3, -0.25) is 18.9 Å². The van der Waals surface area contributed by atoms with Crippen molar-refractivity contribution in [3.05, 3.63) is 62.4 Å². The van der Waals surface area contributed by atoms with E-state index in [0.29, 0.717) is 36.7 Å². The van der Waals surface area contributed by atoms with Gasteiger partial charge in [-0.2, -0.15) is 4.98 Å². The van der Waals surface area contributed by atoms with Crippen molar-refractivity contribution in [3.63, 3.8) is 0 Å². The molecule has 10 heteroatoms. The molecule has 3 aliphatic heterocycles. The lowest BCUT2D eigenvalue weighted by Crippen LogP contribution is -2.44. The Morgan fingerprint density at radius 3 is 2.77 bits per heavy atom. The van der Waals surface area contributed by atoms with E-state index < -0.39 is 0 Å². The Hall–Kier alpha value is -3.66. The molecule has 182 valence electrons. The fraction of sp³-hybridized carbons (Fsp3) is 0.440. The number of hydrogen-bond acceptors (Lipinski definition) is 7. The molecule has 2 atom stereocenters. The zero-order chi connectivity index (χ0) is 24.3. The van der Waals surface area contributed by atoms with Gasteiger partial charge in [-0.1, -0.05) is 24.3 Å². The smallest absolute Gasteiger partial charge is 0.332 e. The van der Waals surface area contributed by atoms with E-state index in [1.165, 1.54) is 9.13 Å². The van der Waals surface area contributed by atoms with E-state index in [1.54, 1.807) is 7.05 Å². The second-order valence-corrected chi connectivity index (χ2v) is 9.60. The minimum absolute atomic E-state index is 0.0773. The molecule has 0 bridgehead atoms. The standard InChI is InChI=1S/C25H30N8O2/c1-3-32-20-22(28-24(32)31-11-6-8-17(26)13-31)29(2)25(35)33(23(20)34)15-18-14-30-12-10-16-7-4-5-9-19(16)21(30)27-18/h4-5,7,9-10,12,17-18H,3,6,8,11,13-15,26H2,1-2H3. The van der Waals surface area contributed by atoms with Gasteiger partial charge >= 0.3 is 5.69 Å². The number of nitrogens with zero attached hydrogens (tertiary/aromatic N) is 7. The second-order valence-electron chi connectivity index (χ2n) is 9.60. The van der Waals surface area contributed by atoms with Gasteiger partial charge in [0.15, 0.2) is 11.2 Å². The summed E-state index contributed by atoms with van der Waals surface area (Å²) in [6.07, 6.45) is 6.05. The topological polar surface area (TPSA) is 107 Å². The van der Waals surface area contributed by atoms with E-state index in [4.69, 9.17) is 15.7 Å². The average Bonchev–Trinajstić information content (AvgIpc) is 3.47. The van der Waals surface area contributed by atoms with E-state index in [2.05, 4.69) is 28.0 Å². The van der Waals surface area contributed by atoms with E-state index in [9.17, 15) is 9.59 Å². The molecule has 3 aromatic rings. The number of piperidine rings is 1. The quantitative estimate of drug-likeness (QED) is 0.604. The van der Waals surface area contributed by atoms with Gasteiger partial charge in [0.05, 0.1) is 12.6 Å². The highest BCUT2D eigenvalue weighted by atomic mass is 16.2. The Morgan fingerprint density at radius 1 is 1.14 bits per heavy atom. The molecule has 0 spiro atoms. The summed E-state index contributed by atoms with van der Waals surface area (Å²) in [6.45, 7) is 4.94. The van der Waals surface area contributed by atoms with E-state index in [-0.39, 0.29) is 29.9 Å². The van der Waals surface area contributed by atoms with Crippen molar-refractivity contribution in [1.82, 2.24) is 23.6 Å². The molecule has 5 heterocycles. The number of anilines is 1. The lowest BCUT2D eigenvalue weighted by Gasteiger charge is -2.31. The van der Waals surface area contributed by atoms with Gasteiger partial charge in [0.1, 0.15) is 5.84 Å². The minimum Gasteiger partial charge on any atom is -0.341 e. The first-order valence-electron chi connectivity index (χ1n) is 12.3. The van der Waals surface area contributed by atoms with Crippen LogP contribution in [0.15, 0.2) is 45.0 Å². The normalized spacial score (nSPS) is 21.4. The lowest BCUT2D eigenvalue weighted by atomic mass is 10.0. The van der Waals surface area contributed by atoms with Gasteiger partial charge < -0.3 is 20.1 Å². The second kappa shape index (κ2) is 8.23.